The molecule has 1 aromatic carbocycles. The van der Waals surface area contributed by atoms with Crippen LogP contribution in [0.4, 0.5) is 0 Å². The Morgan fingerprint density at radius 2 is 1.63 bits per heavy atom. The second-order valence-electron chi connectivity index (χ2n) is 10.8. The second kappa shape index (κ2) is 10.6. The van der Waals surface area contributed by atoms with Crippen LogP contribution in [0.15, 0.2) is 27.9 Å². The number of hydrogen-bond donors (Lipinski definition) is 0. The molecule has 38 heavy (non-hydrogen) atoms. The van der Waals surface area contributed by atoms with Crippen molar-refractivity contribution < 1.29 is 22.1 Å². The lowest BCUT2D eigenvalue weighted by molar-refractivity contribution is 0.135. The Bertz CT molecular complexity index is 1490. The first kappa shape index (κ1) is 28.0. The Labute approximate surface area is 224 Å². The van der Waals surface area contributed by atoms with Crippen LogP contribution in [0.25, 0.3) is 10.9 Å². The Hall–Kier alpha value is -2.98. The number of aromatic nitrogens is 3. The van der Waals surface area contributed by atoms with Crippen molar-refractivity contribution >= 4 is 21.0 Å². The van der Waals surface area contributed by atoms with Crippen molar-refractivity contribution in [3.8, 4) is 11.8 Å². The number of rotatable bonds is 8. The molecule has 1 saturated heterocycles. The van der Waals surface area contributed by atoms with E-state index in [2.05, 4.69) is 23.8 Å². The van der Waals surface area contributed by atoms with Gasteiger partial charge in [0.2, 0.25) is 5.88 Å². The number of pyridine rings is 1. The van der Waals surface area contributed by atoms with Crippen LogP contribution in [-0.2, 0) is 21.9 Å². The molecule has 1 aliphatic heterocycles. The zero-order valence-electron chi connectivity index (χ0n) is 23.4. The summed E-state index contributed by atoms with van der Waals surface area (Å²) >= 11 is 0. The predicted molar refractivity (Wildman–Crippen MR) is 146 cm³/mol. The van der Waals surface area contributed by atoms with Crippen LogP contribution in [0.2, 0.25) is 0 Å². The number of fused-ring (bicyclic) bond motifs is 1. The average molecular weight is 544 g/mol. The maximum Gasteiger partial charge on any atom is 0.341 e. The normalized spacial score (nSPS) is 16.2. The summed E-state index contributed by atoms with van der Waals surface area (Å²) in [5, 5.41) is 0.173. The van der Waals surface area contributed by atoms with Gasteiger partial charge in [0, 0.05) is 19.5 Å². The highest BCUT2D eigenvalue weighted by molar-refractivity contribution is 7.87. The molecule has 3 aromatic rings. The number of ether oxygens (including phenoxy) is 2. The minimum Gasteiger partial charge on any atom is -0.473 e. The van der Waals surface area contributed by atoms with Crippen LogP contribution in [0.1, 0.15) is 88.2 Å². The third kappa shape index (κ3) is 5.42. The molecule has 0 aliphatic carbocycles. The van der Waals surface area contributed by atoms with Gasteiger partial charge in [-0.2, -0.15) is 13.4 Å². The summed E-state index contributed by atoms with van der Waals surface area (Å²) in [5.74, 6) is 0.389. The molecule has 3 heterocycles. The van der Waals surface area contributed by atoms with E-state index >= 15 is 0 Å². The third-order valence-corrected chi connectivity index (χ3v) is 8.17. The van der Waals surface area contributed by atoms with Crippen molar-refractivity contribution in [2.24, 2.45) is 7.05 Å². The topological polar surface area (TPSA) is 110 Å². The summed E-state index contributed by atoms with van der Waals surface area (Å²) in [4.78, 5) is 22.0. The van der Waals surface area contributed by atoms with E-state index in [0.29, 0.717) is 30.8 Å². The quantitative estimate of drug-likeness (QED) is 0.368. The van der Waals surface area contributed by atoms with Crippen molar-refractivity contribution in [3.05, 3.63) is 51.1 Å². The van der Waals surface area contributed by atoms with Crippen molar-refractivity contribution in [3.63, 3.8) is 0 Å². The highest BCUT2D eigenvalue weighted by Gasteiger charge is 2.30. The van der Waals surface area contributed by atoms with E-state index in [4.69, 9.17) is 13.7 Å². The van der Waals surface area contributed by atoms with Crippen molar-refractivity contribution in [2.45, 2.75) is 83.6 Å². The monoisotopic (exact) mass is 543 g/mol. The van der Waals surface area contributed by atoms with E-state index in [-0.39, 0.29) is 57.2 Å². The smallest absolute Gasteiger partial charge is 0.341 e. The second-order valence-corrected chi connectivity index (χ2v) is 12.3. The van der Waals surface area contributed by atoms with Gasteiger partial charge in [-0.3, -0.25) is 9.36 Å². The third-order valence-electron chi connectivity index (χ3n) is 6.82. The number of benzene rings is 1. The standard InChI is InChI=1S/C28H37N3O6S/c1-15(2)19-11-21(16(3)4)26(22(12-19)17(5)6)38(33,34)37-27-23-13-24(36-20-9-10-35-14-20)31(8)28(32)25(23)29-18(7)30-27/h11-13,15-17,20H,9-10,14H2,1-8H3/t20-/m0/s1. The highest BCUT2D eigenvalue weighted by Crippen LogP contribution is 2.37. The lowest BCUT2D eigenvalue weighted by atomic mass is 9.89. The SMILES string of the molecule is Cc1nc(OS(=O)(=O)c2c(C(C)C)cc(C(C)C)cc2C(C)C)c2cc(O[C@H]3CCOC3)n(C)c(=O)c2n1. The van der Waals surface area contributed by atoms with Gasteiger partial charge >= 0.3 is 10.1 Å². The lowest BCUT2D eigenvalue weighted by Gasteiger charge is -2.22. The molecule has 0 bridgehead atoms. The van der Waals surface area contributed by atoms with Crippen LogP contribution in [0.5, 0.6) is 11.8 Å². The largest absolute Gasteiger partial charge is 0.473 e. The van der Waals surface area contributed by atoms with Gasteiger partial charge in [0.25, 0.3) is 5.56 Å². The summed E-state index contributed by atoms with van der Waals surface area (Å²) in [6.45, 7) is 14.6. The van der Waals surface area contributed by atoms with E-state index in [0.717, 1.165) is 5.56 Å². The zero-order chi connectivity index (χ0) is 27.9. The molecule has 9 nitrogen and oxygen atoms in total. The first-order valence-electron chi connectivity index (χ1n) is 13.0. The van der Waals surface area contributed by atoms with Crippen molar-refractivity contribution in [1.82, 2.24) is 14.5 Å². The Morgan fingerprint density at radius 3 is 2.16 bits per heavy atom. The summed E-state index contributed by atoms with van der Waals surface area (Å²) in [6, 6.07) is 5.46. The Balaban J connectivity index is 1.90. The van der Waals surface area contributed by atoms with Gasteiger partial charge in [-0.25, -0.2) is 4.98 Å². The van der Waals surface area contributed by atoms with E-state index < -0.39 is 15.7 Å². The molecule has 0 unspecified atom stereocenters. The maximum absolute atomic E-state index is 14.0. The fraction of sp³-hybridized carbons (Fsp3) is 0.536. The molecule has 1 atom stereocenters. The van der Waals surface area contributed by atoms with Gasteiger partial charge < -0.3 is 13.7 Å². The summed E-state index contributed by atoms with van der Waals surface area (Å²) in [6.07, 6.45) is 0.482. The number of nitrogens with zero attached hydrogens (tertiary/aromatic N) is 3. The van der Waals surface area contributed by atoms with Gasteiger partial charge in [0.05, 0.1) is 18.6 Å². The minimum atomic E-state index is -4.33. The van der Waals surface area contributed by atoms with Gasteiger partial charge in [-0.1, -0.05) is 53.7 Å². The molecule has 0 N–H and O–H groups in total. The van der Waals surface area contributed by atoms with E-state index in [1.165, 1.54) is 4.57 Å². The van der Waals surface area contributed by atoms with E-state index in [1.54, 1.807) is 20.0 Å². The summed E-state index contributed by atoms with van der Waals surface area (Å²) in [5.41, 5.74) is 2.08. The molecule has 0 radical (unpaired) electrons. The van der Waals surface area contributed by atoms with Crippen LogP contribution < -0.4 is 14.5 Å². The number of aryl methyl sites for hydroxylation is 1. The first-order valence-corrected chi connectivity index (χ1v) is 14.5. The maximum atomic E-state index is 14.0. The average Bonchev–Trinajstić information content (AvgIpc) is 3.35. The molecule has 0 amide bonds. The molecule has 1 fully saturated rings. The van der Waals surface area contributed by atoms with E-state index in [9.17, 15) is 13.2 Å². The molecule has 0 spiro atoms. The van der Waals surface area contributed by atoms with Gasteiger partial charge in [0.15, 0.2) is 5.88 Å². The minimum absolute atomic E-state index is 0.0588. The van der Waals surface area contributed by atoms with Gasteiger partial charge in [-0.05, 0) is 41.4 Å². The van der Waals surface area contributed by atoms with Crippen LogP contribution in [-0.4, -0.2) is 42.3 Å². The zero-order valence-corrected chi connectivity index (χ0v) is 24.2. The molecule has 10 heteroatoms. The Kier molecular flexibility index (Phi) is 7.86. The van der Waals surface area contributed by atoms with Crippen molar-refractivity contribution in [1.29, 1.82) is 0 Å². The van der Waals surface area contributed by atoms with Gasteiger partial charge in [0.1, 0.15) is 22.3 Å². The molecular weight excluding hydrogens is 506 g/mol. The van der Waals surface area contributed by atoms with Gasteiger partial charge in [-0.15, -0.1) is 0 Å². The molecule has 4 rings (SSSR count). The first-order chi connectivity index (χ1) is 17.8. The number of hydrogen-bond acceptors (Lipinski definition) is 8. The van der Waals surface area contributed by atoms with E-state index in [1.807, 2.05) is 39.8 Å². The highest BCUT2D eigenvalue weighted by atomic mass is 32.2. The molecule has 1 aliphatic rings. The van der Waals surface area contributed by atoms with Crippen LogP contribution in [0, 0.1) is 6.92 Å². The molecule has 2 aromatic heterocycles. The fourth-order valence-corrected chi connectivity index (χ4v) is 6.19. The summed E-state index contributed by atoms with van der Waals surface area (Å²) in [7, 11) is -2.75. The summed E-state index contributed by atoms with van der Waals surface area (Å²) < 4.78 is 46.5. The van der Waals surface area contributed by atoms with Crippen LogP contribution in [0.3, 0.4) is 0 Å². The van der Waals surface area contributed by atoms with Crippen molar-refractivity contribution in [2.75, 3.05) is 13.2 Å². The lowest BCUT2D eigenvalue weighted by Crippen LogP contribution is -2.25. The molecule has 206 valence electrons. The fourth-order valence-electron chi connectivity index (χ4n) is 4.60. The van der Waals surface area contributed by atoms with Crippen LogP contribution >= 0.6 is 0 Å². The molecule has 0 saturated carbocycles. The molecular formula is C28H37N3O6S. The predicted octanol–water partition coefficient (Wildman–Crippen LogP) is 4.94. The Morgan fingerprint density at radius 1 is 1.00 bits per heavy atom.